The molecule has 1 amide bonds. The lowest BCUT2D eigenvalue weighted by atomic mass is 10.1. The largest absolute Gasteiger partial charge is 0.459 e. The van der Waals surface area contributed by atoms with Gasteiger partial charge in [0.25, 0.3) is 0 Å². The van der Waals surface area contributed by atoms with Crippen LogP contribution in [-0.2, 0) is 25.6 Å². The van der Waals surface area contributed by atoms with Gasteiger partial charge in [-0.05, 0) is 38.5 Å². The molecule has 0 heterocycles. The Labute approximate surface area is 206 Å². The van der Waals surface area contributed by atoms with Gasteiger partial charge in [-0.2, -0.15) is 13.2 Å². The zero-order valence-electron chi connectivity index (χ0n) is 19.3. The summed E-state index contributed by atoms with van der Waals surface area (Å²) in [7, 11) is 0. The molecular formula is C24H26F3NO6S. The first-order valence-corrected chi connectivity index (χ1v) is 10.9. The number of thiocarbonyl (C=S) groups is 1. The predicted molar refractivity (Wildman–Crippen MR) is 125 cm³/mol. The van der Waals surface area contributed by atoms with E-state index in [1.165, 1.54) is 12.1 Å². The number of halogens is 3. The molecule has 35 heavy (non-hydrogen) atoms. The lowest BCUT2D eigenvalue weighted by Gasteiger charge is -2.27. The predicted octanol–water partition coefficient (Wildman–Crippen LogP) is 5.32. The lowest BCUT2D eigenvalue weighted by molar-refractivity contribution is -0.205. The van der Waals surface area contributed by atoms with E-state index >= 15 is 0 Å². The Morgan fingerprint density at radius 3 is 2.09 bits per heavy atom. The van der Waals surface area contributed by atoms with Crippen LogP contribution in [0.25, 0.3) is 0 Å². The van der Waals surface area contributed by atoms with Crippen LogP contribution >= 0.6 is 12.2 Å². The first-order valence-electron chi connectivity index (χ1n) is 10.5. The number of carbonyl (C=O) groups excluding carboxylic acids is 2. The maximum atomic E-state index is 13.8. The molecule has 1 unspecified atom stereocenters. The van der Waals surface area contributed by atoms with Gasteiger partial charge in [0.1, 0.15) is 24.0 Å². The molecule has 0 aliphatic carbocycles. The van der Waals surface area contributed by atoms with Crippen LogP contribution in [0.1, 0.15) is 32.8 Å². The third-order valence-electron chi connectivity index (χ3n) is 4.20. The Morgan fingerprint density at radius 2 is 1.54 bits per heavy atom. The molecule has 0 aliphatic rings. The highest BCUT2D eigenvalue weighted by Crippen LogP contribution is 2.28. The van der Waals surface area contributed by atoms with Crippen molar-refractivity contribution in [1.82, 2.24) is 5.32 Å². The van der Waals surface area contributed by atoms with Crippen LogP contribution in [0, 0.1) is 0 Å². The van der Waals surface area contributed by atoms with Crippen molar-refractivity contribution in [2.24, 2.45) is 0 Å². The van der Waals surface area contributed by atoms with Crippen molar-refractivity contribution in [3.8, 4) is 5.75 Å². The van der Waals surface area contributed by atoms with E-state index in [9.17, 15) is 22.8 Å². The van der Waals surface area contributed by atoms with E-state index in [1.807, 2.05) is 0 Å². The van der Waals surface area contributed by atoms with Crippen LogP contribution in [-0.4, -0.2) is 41.2 Å². The van der Waals surface area contributed by atoms with Gasteiger partial charge in [-0.3, -0.25) is 0 Å². The van der Waals surface area contributed by atoms with Crippen LogP contribution in [0.5, 0.6) is 5.75 Å². The Kier molecular flexibility index (Phi) is 9.88. The molecule has 0 saturated carbocycles. The van der Waals surface area contributed by atoms with Gasteiger partial charge in [0.15, 0.2) is 0 Å². The second-order valence-electron chi connectivity index (χ2n) is 8.34. The molecule has 11 heteroatoms. The van der Waals surface area contributed by atoms with E-state index in [0.29, 0.717) is 5.56 Å². The monoisotopic (exact) mass is 513 g/mol. The topological polar surface area (TPSA) is 83.1 Å². The Morgan fingerprint density at radius 1 is 0.971 bits per heavy atom. The highest BCUT2D eigenvalue weighted by Gasteiger charge is 2.46. The number of benzene rings is 2. The first-order chi connectivity index (χ1) is 16.3. The summed E-state index contributed by atoms with van der Waals surface area (Å²) in [4.78, 5) is 24.9. The summed E-state index contributed by atoms with van der Waals surface area (Å²) in [5.41, 5.74) is -0.342. The van der Waals surface area contributed by atoms with Gasteiger partial charge in [-0.25, -0.2) is 9.59 Å². The van der Waals surface area contributed by atoms with Gasteiger partial charge in [0.2, 0.25) is 6.10 Å². The van der Waals surface area contributed by atoms with Crippen molar-refractivity contribution in [2.75, 3.05) is 0 Å². The maximum Gasteiger partial charge on any atom is 0.425 e. The average Bonchev–Trinajstić information content (AvgIpc) is 2.76. The SMILES string of the molecule is CC(C)(C)OC(=O)N[C@@H](CC(OC(=S)Oc1ccccc1)C(F)(F)F)C(=O)OCc1ccccc1. The Balaban J connectivity index is 2.15. The number of esters is 1. The van der Waals surface area contributed by atoms with Crippen molar-refractivity contribution in [3.05, 3.63) is 66.2 Å². The van der Waals surface area contributed by atoms with E-state index in [4.69, 9.17) is 31.2 Å². The number of hydrogen-bond acceptors (Lipinski definition) is 7. The Hall–Kier alpha value is -3.34. The second kappa shape index (κ2) is 12.4. The third-order valence-corrected chi connectivity index (χ3v) is 4.38. The Bertz CT molecular complexity index is 980. The number of carbonyl (C=O) groups is 2. The van der Waals surface area contributed by atoms with Crippen molar-refractivity contribution >= 4 is 29.5 Å². The van der Waals surface area contributed by atoms with E-state index in [2.05, 4.69) is 5.32 Å². The summed E-state index contributed by atoms with van der Waals surface area (Å²) in [5.74, 6) is -0.934. The van der Waals surface area contributed by atoms with E-state index in [-0.39, 0.29) is 12.4 Å². The molecule has 0 bridgehead atoms. The smallest absolute Gasteiger partial charge is 0.425 e. The van der Waals surface area contributed by atoms with Crippen LogP contribution in [0.2, 0.25) is 0 Å². The number of ether oxygens (including phenoxy) is 4. The van der Waals surface area contributed by atoms with Crippen LogP contribution in [0.3, 0.4) is 0 Å². The molecule has 2 aromatic rings. The van der Waals surface area contributed by atoms with Crippen molar-refractivity contribution < 1.29 is 41.7 Å². The van der Waals surface area contributed by atoms with Crippen molar-refractivity contribution in [1.29, 1.82) is 0 Å². The standard InChI is InChI=1S/C24H26F3NO6S/c1-23(2,3)34-21(30)28-18(20(29)31-15-16-10-6-4-7-11-16)14-19(24(25,26)27)33-22(35)32-17-12-8-5-9-13-17/h4-13,18-19H,14-15H2,1-3H3,(H,28,30)/t18-,19?/m0/s1. The fraction of sp³-hybridized carbons (Fsp3) is 0.375. The van der Waals surface area contributed by atoms with Gasteiger partial charge in [0.05, 0.1) is 0 Å². The highest BCUT2D eigenvalue weighted by atomic mass is 32.1. The van der Waals surface area contributed by atoms with E-state index in [0.717, 1.165) is 0 Å². The van der Waals surface area contributed by atoms with Crippen molar-refractivity contribution in [2.45, 2.75) is 57.7 Å². The summed E-state index contributed by atoms with van der Waals surface area (Å²) in [6.45, 7) is 4.49. The van der Waals surface area contributed by atoms with Crippen molar-refractivity contribution in [3.63, 3.8) is 0 Å². The number of hydrogen-bond donors (Lipinski definition) is 1. The molecule has 0 radical (unpaired) electrons. The number of para-hydroxylation sites is 1. The number of amides is 1. The normalized spacial score (nSPS) is 13.2. The maximum absolute atomic E-state index is 13.8. The number of rotatable bonds is 8. The quantitative estimate of drug-likeness (QED) is 0.378. The summed E-state index contributed by atoms with van der Waals surface area (Å²) in [6.07, 6.45) is -9.65. The highest BCUT2D eigenvalue weighted by molar-refractivity contribution is 7.79. The minimum Gasteiger partial charge on any atom is -0.459 e. The second-order valence-corrected chi connectivity index (χ2v) is 8.67. The zero-order chi connectivity index (χ0) is 26.1. The summed E-state index contributed by atoms with van der Waals surface area (Å²) in [5, 5.41) is 1.34. The zero-order valence-corrected chi connectivity index (χ0v) is 20.2. The van der Waals surface area contributed by atoms with Gasteiger partial charge >= 0.3 is 23.5 Å². The summed E-state index contributed by atoms with van der Waals surface area (Å²) < 4.78 is 61.5. The average molecular weight is 514 g/mol. The lowest BCUT2D eigenvalue weighted by Crippen LogP contribution is -2.49. The fourth-order valence-electron chi connectivity index (χ4n) is 2.68. The first kappa shape index (κ1) is 27.9. The van der Waals surface area contributed by atoms with Gasteiger partial charge < -0.3 is 24.3 Å². The molecule has 0 aromatic heterocycles. The molecule has 0 saturated heterocycles. The molecule has 2 rings (SSSR count). The van der Waals surface area contributed by atoms with Crippen LogP contribution < -0.4 is 10.1 Å². The molecule has 190 valence electrons. The summed E-state index contributed by atoms with van der Waals surface area (Å²) in [6, 6.07) is 14.6. The minimum atomic E-state index is -4.95. The van der Waals surface area contributed by atoms with Gasteiger partial charge in [0, 0.05) is 18.6 Å². The molecule has 0 spiro atoms. The van der Waals surface area contributed by atoms with Crippen LogP contribution in [0.15, 0.2) is 60.7 Å². The molecule has 0 aliphatic heterocycles. The summed E-state index contributed by atoms with van der Waals surface area (Å²) >= 11 is 4.80. The molecule has 2 atom stereocenters. The third kappa shape index (κ3) is 10.6. The fourth-order valence-corrected chi connectivity index (χ4v) is 2.89. The number of alkyl halides is 3. The minimum absolute atomic E-state index is 0.170. The van der Waals surface area contributed by atoms with Gasteiger partial charge in [-0.1, -0.05) is 48.5 Å². The van der Waals surface area contributed by atoms with E-state index in [1.54, 1.807) is 69.3 Å². The molecule has 7 nitrogen and oxygen atoms in total. The molecule has 2 aromatic carbocycles. The molecule has 1 N–H and O–H groups in total. The molecular weight excluding hydrogens is 487 g/mol. The van der Waals surface area contributed by atoms with Gasteiger partial charge in [-0.15, -0.1) is 0 Å². The van der Waals surface area contributed by atoms with Crippen LogP contribution in [0.4, 0.5) is 18.0 Å². The number of nitrogens with one attached hydrogen (secondary N) is 1. The molecule has 0 fully saturated rings. The number of alkyl carbamates (subject to hydrolysis) is 1. The van der Waals surface area contributed by atoms with E-state index < -0.39 is 47.6 Å².